The Labute approximate surface area is 134 Å². The first-order chi connectivity index (χ1) is 11.0. The van der Waals surface area contributed by atoms with Crippen LogP contribution in [0.4, 0.5) is 0 Å². The van der Waals surface area contributed by atoms with Gasteiger partial charge in [-0.15, -0.1) is 0 Å². The molecule has 1 aliphatic heterocycles. The summed E-state index contributed by atoms with van der Waals surface area (Å²) in [4.78, 5) is 21.9. The summed E-state index contributed by atoms with van der Waals surface area (Å²) in [7, 11) is -1.57. The zero-order valence-electron chi connectivity index (χ0n) is 12.7. The number of hydroxylamine groups is 2. The second-order valence-corrected chi connectivity index (χ2v) is 7.07. The van der Waals surface area contributed by atoms with E-state index in [-0.39, 0.29) is 31.3 Å². The average molecular weight is 342 g/mol. The maximum atomic E-state index is 11.8. The maximum Gasteiger partial charge on any atom is 0.286 e. The quantitative estimate of drug-likeness (QED) is 0.562. The molecule has 1 aromatic rings. The molecular formula is C14H18N2O6S. The highest BCUT2D eigenvalue weighted by Gasteiger charge is 2.23. The number of hydrogen-bond acceptors (Lipinski definition) is 7. The Morgan fingerprint density at radius 3 is 2.78 bits per heavy atom. The van der Waals surface area contributed by atoms with Gasteiger partial charge in [0.1, 0.15) is 5.75 Å². The molecule has 0 bridgehead atoms. The van der Waals surface area contributed by atoms with Crippen molar-refractivity contribution in [1.82, 2.24) is 5.06 Å². The first-order valence-electron chi connectivity index (χ1n) is 6.93. The van der Waals surface area contributed by atoms with Crippen LogP contribution in [0.1, 0.15) is 5.56 Å². The van der Waals surface area contributed by atoms with Gasteiger partial charge in [-0.25, -0.2) is 13.5 Å². The molecule has 0 aromatic heterocycles. The third-order valence-electron chi connectivity index (χ3n) is 3.11. The summed E-state index contributed by atoms with van der Waals surface area (Å²) in [5.74, 6) is 0.0432. The third kappa shape index (κ3) is 5.53. The minimum absolute atomic E-state index is 0.00722. The van der Waals surface area contributed by atoms with Crippen molar-refractivity contribution in [2.75, 3.05) is 38.4 Å². The Kier molecular flexibility index (Phi) is 5.94. The molecule has 9 heteroatoms. The fourth-order valence-electron chi connectivity index (χ4n) is 1.81. The fraction of sp³-hybridized carbons (Fsp3) is 0.429. The van der Waals surface area contributed by atoms with Crippen LogP contribution in [-0.2, 0) is 24.3 Å². The molecule has 1 fully saturated rings. The highest BCUT2D eigenvalue weighted by Crippen LogP contribution is 2.09. The molecule has 1 saturated heterocycles. The molecule has 1 heterocycles. The lowest BCUT2D eigenvalue weighted by molar-refractivity contribution is -0.186. The molecule has 2 rings (SSSR count). The number of sulfone groups is 1. The predicted octanol–water partition coefficient (Wildman–Crippen LogP) is 0.234. The van der Waals surface area contributed by atoms with Gasteiger partial charge in [0.15, 0.2) is 16.4 Å². The van der Waals surface area contributed by atoms with E-state index < -0.39 is 15.7 Å². The molecule has 0 atom stereocenters. The number of oxime groups is 1. The van der Waals surface area contributed by atoms with Crippen molar-refractivity contribution in [2.45, 2.75) is 0 Å². The molecule has 126 valence electrons. The largest absolute Gasteiger partial charge is 0.497 e. The van der Waals surface area contributed by atoms with Gasteiger partial charge in [-0.05, 0) is 29.8 Å². The molecule has 1 aliphatic rings. The summed E-state index contributed by atoms with van der Waals surface area (Å²) < 4.78 is 27.9. The van der Waals surface area contributed by atoms with Crippen LogP contribution in [0.5, 0.6) is 5.75 Å². The Hall–Kier alpha value is -2.13. The highest BCUT2D eigenvalue weighted by atomic mass is 32.2. The van der Waals surface area contributed by atoms with Gasteiger partial charge in [0.05, 0.1) is 38.0 Å². The molecule has 0 unspecified atom stereocenters. The highest BCUT2D eigenvalue weighted by molar-refractivity contribution is 7.91. The second kappa shape index (κ2) is 7.93. The number of amides is 1. The minimum atomic E-state index is -3.15. The van der Waals surface area contributed by atoms with Crippen LogP contribution in [0.25, 0.3) is 0 Å². The molecule has 0 radical (unpaired) electrons. The van der Waals surface area contributed by atoms with Crippen LogP contribution in [0.2, 0.25) is 0 Å². The Bertz CT molecular complexity index is 656. The van der Waals surface area contributed by atoms with Crippen LogP contribution < -0.4 is 4.74 Å². The van der Waals surface area contributed by atoms with Gasteiger partial charge < -0.3 is 9.57 Å². The topological polar surface area (TPSA) is 94.5 Å². The van der Waals surface area contributed by atoms with E-state index in [9.17, 15) is 13.2 Å². The van der Waals surface area contributed by atoms with E-state index >= 15 is 0 Å². The molecule has 1 amide bonds. The minimum Gasteiger partial charge on any atom is -0.497 e. The van der Waals surface area contributed by atoms with E-state index in [1.165, 1.54) is 6.21 Å². The van der Waals surface area contributed by atoms with Crippen molar-refractivity contribution < 1.29 is 27.6 Å². The van der Waals surface area contributed by atoms with E-state index in [1.54, 1.807) is 31.4 Å². The number of benzene rings is 1. The lowest BCUT2D eigenvalue weighted by Crippen LogP contribution is -2.35. The van der Waals surface area contributed by atoms with Gasteiger partial charge in [0.2, 0.25) is 0 Å². The van der Waals surface area contributed by atoms with Gasteiger partial charge in [-0.3, -0.25) is 9.63 Å². The molecule has 8 nitrogen and oxygen atoms in total. The number of hydrogen-bond donors (Lipinski definition) is 0. The van der Waals surface area contributed by atoms with Crippen LogP contribution in [0.3, 0.4) is 0 Å². The van der Waals surface area contributed by atoms with Crippen LogP contribution in [0, 0.1) is 0 Å². The number of carbonyl (C=O) groups is 1. The second-order valence-electron chi connectivity index (χ2n) is 4.76. The SMILES string of the molecule is COc1ccc(/C=N/OCC(=O)N2CCS(=O)(=O)CCO2)cc1. The van der Waals surface area contributed by atoms with E-state index in [0.717, 1.165) is 16.4 Å². The normalized spacial score (nSPS) is 17.7. The number of rotatable bonds is 5. The molecule has 0 saturated carbocycles. The van der Waals surface area contributed by atoms with E-state index in [4.69, 9.17) is 14.4 Å². The summed E-state index contributed by atoms with van der Waals surface area (Å²) >= 11 is 0. The lowest BCUT2D eigenvalue weighted by Gasteiger charge is -2.17. The molecule has 0 aliphatic carbocycles. The Morgan fingerprint density at radius 2 is 2.09 bits per heavy atom. The molecule has 0 N–H and O–H groups in total. The van der Waals surface area contributed by atoms with Crippen molar-refractivity contribution in [3.8, 4) is 5.75 Å². The van der Waals surface area contributed by atoms with E-state index in [2.05, 4.69) is 5.16 Å². The number of methoxy groups -OCH3 is 1. The van der Waals surface area contributed by atoms with E-state index in [1.807, 2.05) is 0 Å². The number of ether oxygens (including phenoxy) is 1. The third-order valence-corrected chi connectivity index (χ3v) is 4.70. The standard InChI is InChI=1S/C14H18N2O6S/c1-20-13-4-2-12(3-5-13)10-15-21-11-14(17)16-6-8-23(18,19)9-7-22-16/h2-5,10H,6-9,11H2,1H3/b15-10+. The van der Waals surface area contributed by atoms with Gasteiger partial charge >= 0.3 is 0 Å². The van der Waals surface area contributed by atoms with Gasteiger partial charge in [0, 0.05) is 0 Å². The molecule has 0 spiro atoms. The lowest BCUT2D eigenvalue weighted by atomic mass is 10.2. The average Bonchev–Trinajstić information content (AvgIpc) is 2.72. The summed E-state index contributed by atoms with van der Waals surface area (Å²) in [6, 6.07) is 7.13. The fourth-order valence-corrected chi connectivity index (χ4v) is 2.79. The first kappa shape index (κ1) is 17.2. The van der Waals surface area contributed by atoms with Crippen molar-refractivity contribution in [2.24, 2.45) is 5.16 Å². The van der Waals surface area contributed by atoms with Gasteiger partial charge in [-0.1, -0.05) is 5.16 Å². The molecular weight excluding hydrogens is 324 g/mol. The summed E-state index contributed by atoms with van der Waals surface area (Å²) in [5, 5.41) is 4.70. The molecule has 1 aromatic carbocycles. The van der Waals surface area contributed by atoms with Crippen LogP contribution in [0.15, 0.2) is 29.4 Å². The monoisotopic (exact) mass is 342 g/mol. The zero-order valence-corrected chi connectivity index (χ0v) is 13.5. The van der Waals surface area contributed by atoms with Crippen LogP contribution >= 0.6 is 0 Å². The summed E-state index contributed by atoms with van der Waals surface area (Å²) in [5.41, 5.74) is 0.787. The van der Waals surface area contributed by atoms with Crippen molar-refractivity contribution in [3.05, 3.63) is 29.8 Å². The zero-order chi connectivity index (χ0) is 16.7. The number of carbonyl (C=O) groups excluding carboxylic acids is 1. The van der Waals surface area contributed by atoms with Crippen molar-refractivity contribution in [1.29, 1.82) is 0 Å². The van der Waals surface area contributed by atoms with Gasteiger partial charge in [-0.2, -0.15) is 0 Å². The maximum absolute atomic E-state index is 11.8. The smallest absolute Gasteiger partial charge is 0.286 e. The Morgan fingerprint density at radius 1 is 1.35 bits per heavy atom. The van der Waals surface area contributed by atoms with E-state index in [0.29, 0.717) is 0 Å². The summed E-state index contributed by atoms with van der Waals surface area (Å²) in [6.45, 7) is -0.372. The summed E-state index contributed by atoms with van der Waals surface area (Å²) in [6.07, 6.45) is 1.46. The predicted molar refractivity (Wildman–Crippen MR) is 82.9 cm³/mol. The van der Waals surface area contributed by atoms with Crippen LogP contribution in [-0.4, -0.2) is 64.0 Å². The number of nitrogens with zero attached hydrogens (tertiary/aromatic N) is 2. The molecule has 23 heavy (non-hydrogen) atoms. The Balaban J connectivity index is 1.78. The first-order valence-corrected chi connectivity index (χ1v) is 8.75. The van der Waals surface area contributed by atoms with Crippen molar-refractivity contribution >= 4 is 22.0 Å². The van der Waals surface area contributed by atoms with Gasteiger partial charge in [0.25, 0.3) is 5.91 Å². The van der Waals surface area contributed by atoms with Crippen molar-refractivity contribution in [3.63, 3.8) is 0 Å².